The lowest BCUT2D eigenvalue weighted by Gasteiger charge is -2.24. The molecule has 0 radical (unpaired) electrons. The van der Waals surface area contributed by atoms with Gasteiger partial charge in [-0.25, -0.2) is 4.57 Å². The number of phosphoric ester groups is 1. The van der Waals surface area contributed by atoms with Gasteiger partial charge in [-0.2, -0.15) is 0 Å². The molecule has 1 aromatic carbocycles. The zero-order valence-corrected chi connectivity index (χ0v) is 45.1. The van der Waals surface area contributed by atoms with Crippen LogP contribution in [0, 0.1) is 5.92 Å². The molecular weight excluding hydrogens is 965 g/mol. The van der Waals surface area contributed by atoms with Crippen molar-refractivity contribution in [1.29, 1.82) is 0 Å². The van der Waals surface area contributed by atoms with E-state index in [2.05, 4.69) is 56.0 Å². The van der Waals surface area contributed by atoms with E-state index in [0.717, 1.165) is 59.5 Å². The summed E-state index contributed by atoms with van der Waals surface area (Å²) in [5.41, 5.74) is 1.67. The maximum Gasteiger partial charge on any atom is 0.472 e. The molecule has 0 bridgehead atoms. The Hall–Kier alpha value is -3.30. The molecule has 0 aliphatic heterocycles. The molecule has 6 N–H and O–H groups in total. The van der Waals surface area contributed by atoms with Crippen LogP contribution in [0.2, 0.25) is 0 Å². The third-order valence-corrected chi connectivity index (χ3v) is 14.0. The van der Waals surface area contributed by atoms with Crippen molar-refractivity contribution in [3.8, 4) is 0 Å². The van der Waals surface area contributed by atoms with Crippen molar-refractivity contribution < 1.29 is 47.2 Å². The van der Waals surface area contributed by atoms with Crippen molar-refractivity contribution in [2.75, 3.05) is 32.9 Å². The third-order valence-electron chi connectivity index (χ3n) is 12.5. The van der Waals surface area contributed by atoms with E-state index < -0.39 is 44.9 Å². The number of nitrogens with one attached hydrogen (secondary N) is 5. The number of rotatable bonds is 43. The fourth-order valence-electron chi connectivity index (χ4n) is 8.05. The Bertz CT molecular complexity index is 1800. The fraction of sp³-hybridized carbons (Fsp3) is 0.750. The normalized spacial score (nSPS) is 13.6. The van der Waals surface area contributed by atoms with E-state index in [1.807, 2.05) is 32.0 Å². The summed E-state index contributed by atoms with van der Waals surface area (Å²) in [7, 11) is -4.75. The summed E-state index contributed by atoms with van der Waals surface area (Å²) in [4.78, 5) is 78.6. The summed E-state index contributed by atoms with van der Waals surface area (Å²) in [6.45, 7) is 7.21. The molecule has 0 saturated heterocycles. The summed E-state index contributed by atoms with van der Waals surface area (Å²) < 4.78 is 29.5. The van der Waals surface area contributed by atoms with Crippen molar-refractivity contribution in [1.82, 2.24) is 26.3 Å². The van der Waals surface area contributed by atoms with E-state index in [1.165, 1.54) is 96.3 Å². The molecule has 4 unspecified atom stereocenters. The van der Waals surface area contributed by atoms with Crippen molar-refractivity contribution in [3.05, 3.63) is 34.4 Å². The van der Waals surface area contributed by atoms with Gasteiger partial charge in [-0.15, -0.1) is 0 Å². The van der Waals surface area contributed by atoms with Gasteiger partial charge in [0.2, 0.25) is 23.6 Å². The fourth-order valence-corrected chi connectivity index (χ4v) is 9.14. The topological polar surface area (TPSA) is 214 Å². The lowest BCUT2D eigenvalue weighted by Crippen LogP contribution is -2.51. The predicted octanol–water partition coefficient (Wildman–Crippen LogP) is 11.2. The molecule has 0 saturated carbocycles. The van der Waals surface area contributed by atoms with E-state index in [4.69, 9.17) is 13.8 Å². The van der Waals surface area contributed by atoms with Crippen LogP contribution in [0.3, 0.4) is 0 Å². The molecule has 15 nitrogen and oxygen atoms in total. The quantitative estimate of drug-likeness (QED) is 0.0210. The molecule has 4 amide bonds. The van der Waals surface area contributed by atoms with Crippen LogP contribution in [0.4, 0.5) is 0 Å². The van der Waals surface area contributed by atoms with Crippen LogP contribution < -0.4 is 21.3 Å². The summed E-state index contributed by atoms with van der Waals surface area (Å²) in [6.07, 6.45) is 28.8. The van der Waals surface area contributed by atoms with Crippen LogP contribution in [0.25, 0.3) is 10.9 Å². The maximum atomic E-state index is 13.3. The van der Waals surface area contributed by atoms with E-state index in [0.29, 0.717) is 25.7 Å². The van der Waals surface area contributed by atoms with Crippen molar-refractivity contribution >= 4 is 64.3 Å². The van der Waals surface area contributed by atoms with Gasteiger partial charge in [0, 0.05) is 47.5 Å². The lowest BCUT2D eigenvalue weighted by molar-refractivity contribution is -0.143. The Labute approximate surface area is 422 Å². The van der Waals surface area contributed by atoms with Crippen LogP contribution >= 0.6 is 23.8 Å². The number of esters is 1. The van der Waals surface area contributed by atoms with Crippen LogP contribution in [0.1, 0.15) is 200 Å². The predicted molar refractivity (Wildman–Crippen MR) is 278 cm³/mol. The highest BCUT2D eigenvalue weighted by Crippen LogP contribution is 2.43. The van der Waals surface area contributed by atoms with Crippen molar-refractivity contribution in [3.63, 3.8) is 0 Å². The first-order valence-electron chi connectivity index (χ1n) is 26.5. The number of H-pyrrole nitrogens is 1. The van der Waals surface area contributed by atoms with Gasteiger partial charge in [0.05, 0.1) is 26.2 Å². The molecule has 1 aromatic heterocycles. The minimum Gasteiger partial charge on any atom is -0.466 e. The molecule has 0 aliphatic carbocycles. The number of carbonyl (C=O) groups is 5. The molecule has 2 aromatic rings. The number of phosphoric acid groups is 1. The highest BCUT2D eigenvalue weighted by Gasteiger charge is 2.29. The van der Waals surface area contributed by atoms with Crippen molar-refractivity contribution in [2.45, 2.75) is 213 Å². The number of amides is 4. The first-order valence-corrected chi connectivity index (χ1v) is 28.8. The Kier molecular flexibility index (Phi) is 34.4. The maximum absolute atomic E-state index is 13.3. The molecular formula is C52H89BrN5O10P. The molecule has 0 fully saturated rings. The van der Waals surface area contributed by atoms with Gasteiger partial charge in [-0.3, -0.25) is 33.0 Å². The van der Waals surface area contributed by atoms with Gasteiger partial charge in [-0.05, 0) is 48.9 Å². The summed E-state index contributed by atoms with van der Waals surface area (Å²) in [5.74, 6) is -2.32. The first kappa shape index (κ1) is 61.8. The standard InChI is InChI=1S/C52H89BrN5O10P/c1-5-8-10-12-14-16-17-18-19-21-22-24-26-29-47(59)57-46(51(62)54-33-28-35-66-49(61)30-27-25-23-20-15-13-11-9-6-2)40-68-69(64,65)67-36-34-55-52(63)50(41(4)7-3)58-48(60)37-42-39-56-45-32-31-43(53)38-44(42)45/h31-32,38-39,41,46,50,56H,5-30,33-37,40H2,1-4H3,(H,54,62)(H,55,63)(H,57,59)(H,58,60)(H,64,65). The number of hydrogen-bond acceptors (Lipinski definition) is 9. The number of benzene rings is 1. The largest absolute Gasteiger partial charge is 0.472 e. The van der Waals surface area contributed by atoms with Gasteiger partial charge < -0.3 is 35.9 Å². The average molecular weight is 1060 g/mol. The minimum atomic E-state index is -4.75. The number of aromatic nitrogens is 1. The number of ether oxygens (including phenoxy) is 1. The van der Waals surface area contributed by atoms with Gasteiger partial charge in [0.1, 0.15) is 12.1 Å². The Balaban J connectivity index is 1.83. The number of carbonyl (C=O) groups excluding carboxylic acids is 5. The summed E-state index contributed by atoms with van der Waals surface area (Å²) in [5, 5.41) is 11.8. The molecule has 0 spiro atoms. The second kappa shape index (κ2) is 38.4. The lowest BCUT2D eigenvalue weighted by atomic mass is 9.98. The van der Waals surface area contributed by atoms with Crippen LogP contribution in [-0.4, -0.2) is 84.5 Å². The zero-order valence-electron chi connectivity index (χ0n) is 42.6. The molecule has 2 rings (SSSR count). The third kappa shape index (κ3) is 29.6. The highest BCUT2D eigenvalue weighted by molar-refractivity contribution is 9.10. The van der Waals surface area contributed by atoms with E-state index in [-0.39, 0.29) is 56.2 Å². The van der Waals surface area contributed by atoms with Crippen LogP contribution in [0.5, 0.6) is 0 Å². The SMILES string of the molecule is CCCCCCCCCCCCCCCC(=O)NC(COP(=O)(O)OCCNC(=O)C(NC(=O)Cc1c[nH]c2ccc(Br)cc12)C(C)CC)C(=O)NCCCOC(=O)CCCCCCCCCCC. The second-order valence-corrected chi connectivity index (χ2v) is 20.9. The summed E-state index contributed by atoms with van der Waals surface area (Å²) in [6, 6.07) is 3.57. The van der Waals surface area contributed by atoms with Crippen LogP contribution in [0.15, 0.2) is 28.9 Å². The number of hydrogen-bond donors (Lipinski definition) is 6. The van der Waals surface area contributed by atoms with Gasteiger partial charge >= 0.3 is 13.8 Å². The second-order valence-electron chi connectivity index (χ2n) is 18.6. The Morgan fingerprint density at radius 3 is 1.80 bits per heavy atom. The van der Waals surface area contributed by atoms with E-state index in [9.17, 15) is 33.4 Å². The molecule has 1 heterocycles. The first-order chi connectivity index (χ1) is 33.3. The number of unbranched alkanes of at least 4 members (excludes halogenated alkanes) is 20. The molecule has 394 valence electrons. The Morgan fingerprint density at radius 1 is 0.667 bits per heavy atom. The van der Waals surface area contributed by atoms with E-state index >= 15 is 0 Å². The molecule has 69 heavy (non-hydrogen) atoms. The average Bonchev–Trinajstić information content (AvgIpc) is 3.72. The number of aromatic amines is 1. The molecule has 0 aliphatic rings. The Morgan fingerprint density at radius 2 is 1.22 bits per heavy atom. The highest BCUT2D eigenvalue weighted by atomic mass is 79.9. The van der Waals surface area contributed by atoms with Gasteiger partial charge in [0.15, 0.2) is 0 Å². The van der Waals surface area contributed by atoms with E-state index in [1.54, 1.807) is 6.20 Å². The molecule has 17 heteroatoms. The number of halogens is 1. The smallest absolute Gasteiger partial charge is 0.466 e. The number of fused-ring (bicyclic) bond motifs is 1. The van der Waals surface area contributed by atoms with Gasteiger partial charge in [-0.1, -0.05) is 178 Å². The van der Waals surface area contributed by atoms with Crippen LogP contribution in [-0.2, 0) is 48.7 Å². The zero-order chi connectivity index (χ0) is 50.5. The van der Waals surface area contributed by atoms with Crippen molar-refractivity contribution in [2.24, 2.45) is 5.92 Å². The summed E-state index contributed by atoms with van der Waals surface area (Å²) >= 11 is 3.47. The van der Waals surface area contributed by atoms with Gasteiger partial charge in [0.25, 0.3) is 0 Å². The minimum absolute atomic E-state index is 0.0542. The monoisotopic (exact) mass is 1050 g/mol. The molecule has 4 atom stereocenters.